The summed E-state index contributed by atoms with van der Waals surface area (Å²) in [5.74, 6) is 0.698. The molecule has 0 atom stereocenters. The molecule has 0 bridgehead atoms. The van der Waals surface area contributed by atoms with Gasteiger partial charge in [0, 0.05) is 32.9 Å². The van der Waals surface area contributed by atoms with Crippen LogP contribution in [0.1, 0.15) is 25.0 Å². The van der Waals surface area contributed by atoms with Crippen molar-refractivity contribution in [1.29, 1.82) is 0 Å². The van der Waals surface area contributed by atoms with Gasteiger partial charge in [0.05, 0.1) is 22.4 Å². The Bertz CT molecular complexity index is 2840. The number of aromatic nitrogens is 3. The first-order valence-electron chi connectivity index (χ1n) is 16.7. The van der Waals surface area contributed by atoms with Gasteiger partial charge < -0.3 is 0 Å². The number of nitrogens with zero attached hydrogens (tertiary/aromatic N) is 3. The first-order chi connectivity index (χ1) is 23.6. The molecule has 3 heteroatoms. The first kappa shape index (κ1) is 26.1. The summed E-state index contributed by atoms with van der Waals surface area (Å²) in [5, 5.41) is 7.38. The molecule has 3 nitrogen and oxygen atoms in total. The van der Waals surface area contributed by atoms with Gasteiger partial charge in [0.15, 0.2) is 0 Å². The van der Waals surface area contributed by atoms with Crippen molar-refractivity contribution in [2.24, 2.45) is 0 Å². The molecule has 2 aliphatic carbocycles. The zero-order valence-corrected chi connectivity index (χ0v) is 26.6. The molecule has 11 rings (SSSR count). The Kier molecular flexibility index (Phi) is 4.91. The summed E-state index contributed by atoms with van der Waals surface area (Å²) in [6, 6.07) is 50.8. The number of para-hydroxylation sites is 1. The largest absolute Gasteiger partial charge is 0.278 e. The maximum Gasteiger partial charge on any atom is 0.235 e. The van der Waals surface area contributed by atoms with Gasteiger partial charge in [0.1, 0.15) is 0 Å². The molecule has 2 aliphatic rings. The van der Waals surface area contributed by atoms with Gasteiger partial charge in [-0.15, -0.1) is 0 Å². The number of fused-ring (bicyclic) bond motifs is 10. The molecule has 0 spiro atoms. The van der Waals surface area contributed by atoms with E-state index >= 15 is 0 Å². The number of hydrogen-bond acceptors (Lipinski definition) is 2. The van der Waals surface area contributed by atoms with Crippen LogP contribution < -0.4 is 0 Å². The molecule has 0 N–H and O–H groups in total. The van der Waals surface area contributed by atoms with E-state index in [1.807, 2.05) is 0 Å². The highest BCUT2D eigenvalue weighted by molar-refractivity contribution is 6.19. The topological polar surface area (TPSA) is 30.7 Å². The van der Waals surface area contributed by atoms with Crippen LogP contribution in [0.2, 0.25) is 0 Å². The molecule has 9 aromatic rings. The van der Waals surface area contributed by atoms with Gasteiger partial charge in [-0.25, -0.2) is 9.97 Å². The minimum Gasteiger partial charge on any atom is -0.278 e. The van der Waals surface area contributed by atoms with E-state index in [2.05, 4.69) is 158 Å². The van der Waals surface area contributed by atoms with Crippen molar-refractivity contribution in [2.45, 2.75) is 19.3 Å². The smallest absolute Gasteiger partial charge is 0.235 e. The number of hydrogen-bond donors (Lipinski definition) is 0. The van der Waals surface area contributed by atoms with Crippen LogP contribution in [-0.4, -0.2) is 14.5 Å². The normalized spacial score (nSPS) is 13.8. The minimum atomic E-state index is -0.275. The van der Waals surface area contributed by atoms with Crippen molar-refractivity contribution in [3.63, 3.8) is 0 Å². The molecule has 7 aromatic carbocycles. The summed E-state index contributed by atoms with van der Waals surface area (Å²) in [6.45, 7) is 4.65. The van der Waals surface area contributed by atoms with Crippen LogP contribution in [0.25, 0.3) is 94.1 Å². The molecule has 2 aromatic heterocycles. The second-order valence-corrected chi connectivity index (χ2v) is 13.8. The molecule has 0 fully saturated rings. The predicted octanol–water partition coefficient (Wildman–Crippen LogP) is 11.5. The summed E-state index contributed by atoms with van der Waals surface area (Å²) in [4.78, 5) is 11.2. The highest BCUT2D eigenvalue weighted by Gasteiger charge is 2.40. The maximum atomic E-state index is 5.65. The van der Waals surface area contributed by atoms with Crippen LogP contribution in [0.4, 0.5) is 0 Å². The van der Waals surface area contributed by atoms with E-state index < -0.39 is 0 Å². The van der Waals surface area contributed by atoms with Crippen molar-refractivity contribution in [3.8, 4) is 50.7 Å². The molecular formula is C45H29N3. The zero-order valence-electron chi connectivity index (χ0n) is 26.6. The lowest BCUT2D eigenvalue weighted by molar-refractivity contribution is 0.657. The molecule has 0 saturated carbocycles. The molecule has 48 heavy (non-hydrogen) atoms. The molecule has 0 saturated heterocycles. The Balaban J connectivity index is 1.28. The highest BCUT2D eigenvalue weighted by Crippen LogP contribution is 2.54. The van der Waals surface area contributed by atoms with E-state index in [-0.39, 0.29) is 5.41 Å². The Labute approximate surface area is 277 Å². The van der Waals surface area contributed by atoms with E-state index in [0.29, 0.717) is 5.95 Å². The average molecular weight is 612 g/mol. The highest BCUT2D eigenvalue weighted by atomic mass is 15.2. The van der Waals surface area contributed by atoms with Crippen LogP contribution in [0, 0.1) is 0 Å². The monoisotopic (exact) mass is 611 g/mol. The fraction of sp³-hybridized carbons (Fsp3) is 0.0667. The first-order valence-corrected chi connectivity index (χ1v) is 16.7. The summed E-state index contributed by atoms with van der Waals surface area (Å²) in [7, 11) is 0. The molecular weight excluding hydrogens is 583 g/mol. The van der Waals surface area contributed by atoms with Crippen molar-refractivity contribution in [2.75, 3.05) is 0 Å². The third-order valence-electron chi connectivity index (χ3n) is 10.9. The van der Waals surface area contributed by atoms with Crippen LogP contribution in [0.15, 0.2) is 140 Å². The number of benzene rings is 7. The van der Waals surface area contributed by atoms with E-state index in [9.17, 15) is 0 Å². The summed E-state index contributed by atoms with van der Waals surface area (Å²) in [5.41, 5.74) is 14.0. The van der Waals surface area contributed by atoms with Crippen molar-refractivity contribution in [1.82, 2.24) is 14.5 Å². The molecule has 224 valence electrons. The minimum absolute atomic E-state index is 0.275. The lowest BCUT2D eigenvalue weighted by atomic mass is 9.80. The third-order valence-corrected chi connectivity index (χ3v) is 10.9. The fourth-order valence-electron chi connectivity index (χ4n) is 8.79. The van der Waals surface area contributed by atoms with Crippen LogP contribution in [-0.2, 0) is 5.41 Å². The second-order valence-electron chi connectivity index (χ2n) is 13.8. The predicted molar refractivity (Wildman–Crippen MR) is 199 cm³/mol. The Morgan fingerprint density at radius 3 is 1.85 bits per heavy atom. The summed E-state index contributed by atoms with van der Waals surface area (Å²) >= 11 is 0. The van der Waals surface area contributed by atoms with Crippen LogP contribution in [0.5, 0.6) is 0 Å². The van der Waals surface area contributed by atoms with Gasteiger partial charge in [-0.3, -0.25) is 4.57 Å². The fourth-order valence-corrected chi connectivity index (χ4v) is 8.79. The molecule has 0 unspecified atom stereocenters. The van der Waals surface area contributed by atoms with Gasteiger partial charge in [-0.2, -0.15) is 0 Å². The SMILES string of the molecule is CC1(C)c2ccccc2-c2nc(-n3c4ccccc4c4cc5ccccc5cc43)nc(-c3ccc4c5c(cccc35)-c3ccccc3-4)c21. The van der Waals surface area contributed by atoms with Crippen molar-refractivity contribution >= 4 is 43.4 Å². The molecule has 0 aliphatic heterocycles. The Morgan fingerprint density at radius 1 is 0.458 bits per heavy atom. The van der Waals surface area contributed by atoms with Gasteiger partial charge in [0.25, 0.3) is 0 Å². The third kappa shape index (κ3) is 3.23. The number of rotatable bonds is 2. The molecule has 0 radical (unpaired) electrons. The van der Waals surface area contributed by atoms with Gasteiger partial charge in [0.2, 0.25) is 5.95 Å². The zero-order chi connectivity index (χ0) is 31.7. The van der Waals surface area contributed by atoms with Crippen LogP contribution in [0.3, 0.4) is 0 Å². The van der Waals surface area contributed by atoms with E-state index in [4.69, 9.17) is 9.97 Å². The van der Waals surface area contributed by atoms with Crippen LogP contribution >= 0.6 is 0 Å². The van der Waals surface area contributed by atoms with Crippen molar-refractivity contribution in [3.05, 3.63) is 151 Å². The molecule has 2 heterocycles. The molecule has 0 amide bonds. The summed E-state index contributed by atoms with van der Waals surface area (Å²) < 4.78 is 2.28. The van der Waals surface area contributed by atoms with Gasteiger partial charge in [-0.1, -0.05) is 135 Å². The van der Waals surface area contributed by atoms with E-state index in [1.54, 1.807) is 0 Å². The Morgan fingerprint density at radius 2 is 1.04 bits per heavy atom. The Hall–Kier alpha value is -6.06. The quantitative estimate of drug-likeness (QED) is 0.195. The van der Waals surface area contributed by atoms with Gasteiger partial charge in [-0.05, 0) is 67.6 Å². The van der Waals surface area contributed by atoms with Crippen molar-refractivity contribution < 1.29 is 0 Å². The summed E-state index contributed by atoms with van der Waals surface area (Å²) in [6.07, 6.45) is 0. The standard InChI is InChI=1S/C45H29N3/c1-45(2)37-20-9-7-17-35(37)43-41(45)42(34-23-22-33-29-15-6-5-14-28(29)31-18-11-19-32(34)40(31)33)46-44(47-43)48-38-21-10-8-16-30(38)36-24-26-12-3-4-13-27(26)25-39(36)48/h3-25H,1-2H3. The second kappa shape index (κ2) is 9.05. The van der Waals surface area contributed by atoms with Gasteiger partial charge >= 0.3 is 0 Å². The maximum absolute atomic E-state index is 5.65. The van der Waals surface area contributed by atoms with E-state index in [0.717, 1.165) is 28.0 Å². The lowest BCUT2D eigenvalue weighted by Gasteiger charge is -2.24. The van der Waals surface area contributed by atoms with E-state index in [1.165, 1.54) is 71.3 Å². The average Bonchev–Trinajstić information content (AvgIpc) is 3.71. The lowest BCUT2D eigenvalue weighted by Crippen LogP contribution is -2.18.